The lowest BCUT2D eigenvalue weighted by atomic mass is 10.2. The highest BCUT2D eigenvalue weighted by atomic mass is 16.4. The van der Waals surface area contributed by atoms with E-state index in [0.29, 0.717) is 13.0 Å². The van der Waals surface area contributed by atoms with Gasteiger partial charge >= 0.3 is 5.97 Å². The van der Waals surface area contributed by atoms with Gasteiger partial charge < -0.3 is 10.2 Å². The molecular weight excluding hydrogens is 134 g/mol. The largest absolute Gasteiger partial charge is 0.480 e. The molecule has 4 nitrogen and oxygen atoms in total. The fourth-order valence-electron chi connectivity index (χ4n) is 1.28. The molecule has 0 aromatic rings. The van der Waals surface area contributed by atoms with Gasteiger partial charge in [0, 0.05) is 6.54 Å². The van der Waals surface area contributed by atoms with Crippen molar-refractivity contribution in [2.75, 3.05) is 13.6 Å². The lowest BCUT2D eigenvalue weighted by molar-refractivity contribution is -0.144. The van der Waals surface area contributed by atoms with Crippen LogP contribution in [0.25, 0.3) is 0 Å². The molecular formula is C6H11NO3. The quantitative estimate of drug-likeness (QED) is 0.504. The number of aliphatic hydroxyl groups excluding tert-OH is 1. The molecule has 0 spiro atoms. The summed E-state index contributed by atoms with van der Waals surface area (Å²) in [5, 5.41) is 17.7. The second-order valence-electron chi connectivity index (χ2n) is 2.62. The molecule has 4 heteroatoms. The van der Waals surface area contributed by atoms with E-state index in [4.69, 9.17) is 10.2 Å². The van der Waals surface area contributed by atoms with Gasteiger partial charge in [-0.2, -0.15) is 0 Å². The van der Waals surface area contributed by atoms with Crippen LogP contribution in [0.5, 0.6) is 0 Å². The van der Waals surface area contributed by atoms with Gasteiger partial charge in [0.1, 0.15) is 6.04 Å². The maximum atomic E-state index is 10.4. The summed E-state index contributed by atoms with van der Waals surface area (Å²) in [6, 6.07) is -0.694. The first-order valence-corrected chi connectivity index (χ1v) is 3.24. The minimum atomic E-state index is -0.937. The Balaban J connectivity index is 2.63. The van der Waals surface area contributed by atoms with Crippen molar-refractivity contribution in [3.63, 3.8) is 0 Å². The van der Waals surface area contributed by atoms with Crippen molar-refractivity contribution in [1.82, 2.24) is 4.90 Å². The van der Waals surface area contributed by atoms with E-state index in [2.05, 4.69) is 0 Å². The summed E-state index contributed by atoms with van der Waals surface area (Å²) < 4.78 is 0. The molecule has 1 saturated heterocycles. The number of aliphatic hydroxyl groups is 1. The smallest absolute Gasteiger partial charge is 0.323 e. The minimum absolute atomic E-state index is 0.563. The molecule has 1 aliphatic heterocycles. The maximum absolute atomic E-state index is 10.4. The highest BCUT2D eigenvalue weighted by molar-refractivity contribution is 5.74. The highest BCUT2D eigenvalue weighted by Gasteiger charge is 2.35. The summed E-state index contributed by atoms with van der Waals surface area (Å²) in [4.78, 5) is 12.1. The number of hydrogen-bond donors (Lipinski definition) is 2. The van der Waals surface area contributed by atoms with Crippen LogP contribution in [0, 0.1) is 0 Å². The number of aliphatic carboxylic acids is 1. The molecule has 1 aliphatic rings. The molecule has 0 aromatic carbocycles. The van der Waals surface area contributed by atoms with Gasteiger partial charge in [0.2, 0.25) is 0 Å². The van der Waals surface area contributed by atoms with Crippen molar-refractivity contribution >= 4 is 5.97 Å². The van der Waals surface area contributed by atoms with Gasteiger partial charge in [0.05, 0.1) is 6.10 Å². The molecule has 0 amide bonds. The SMILES string of the molecule is CN1CC[C@H](O)[C@@H]1C(=O)O. The summed E-state index contributed by atoms with van der Waals surface area (Å²) in [5.74, 6) is -0.937. The lowest BCUT2D eigenvalue weighted by Crippen LogP contribution is -2.39. The van der Waals surface area contributed by atoms with Crippen molar-refractivity contribution in [3.8, 4) is 0 Å². The zero-order valence-electron chi connectivity index (χ0n) is 5.82. The standard InChI is InChI=1S/C6H11NO3/c1-7-3-2-4(8)5(7)6(9)10/h4-5,8H,2-3H2,1H3,(H,9,10)/t4-,5+/m0/s1. The van der Waals surface area contributed by atoms with Gasteiger partial charge in [-0.15, -0.1) is 0 Å². The van der Waals surface area contributed by atoms with Crippen LogP contribution in [0.4, 0.5) is 0 Å². The Morgan fingerprint density at radius 1 is 1.70 bits per heavy atom. The van der Waals surface area contributed by atoms with Crippen LogP contribution in [0.2, 0.25) is 0 Å². The molecule has 2 atom stereocenters. The summed E-state index contributed by atoms with van der Waals surface area (Å²) in [5.41, 5.74) is 0. The topological polar surface area (TPSA) is 60.8 Å². The maximum Gasteiger partial charge on any atom is 0.323 e. The fraction of sp³-hybridized carbons (Fsp3) is 0.833. The Hall–Kier alpha value is -0.610. The molecule has 1 rings (SSSR count). The number of carbonyl (C=O) groups is 1. The number of carboxylic acid groups (broad SMARTS) is 1. The highest BCUT2D eigenvalue weighted by Crippen LogP contribution is 2.15. The molecule has 10 heavy (non-hydrogen) atoms. The molecule has 1 fully saturated rings. The Kier molecular flexibility index (Phi) is 1.92. The van der Waals surface area contributed by atoms with Crippen LogP contribution >= 0.6 is 0 Å². The van der Waals surface area contributed by atoms with Crippen molar-refractivity contribution in [2.45, 2.75) is 18.6 Å². The van der Waals surface area contributed by atoms with Crippen molar-refractivity contribution in [2.24, 2.45) is 0 Å². The number of carboxylic acids is 1. The van der Waals surface area contributed by atoms with Gasteiger partial charge in [-0.3, -0.25) is 9.69 Å². The molecule has 0 aliphatic carbocycles. The molecule has 0 aromatic heterocycles. The second kappa shape index (κ2) is 2.56. The van der Waals surface area contributed by atoms with Crippen molar-refractivity contribution in [3.05, 3.63) is 0 Å². The molecule has 0 bridgehead atoms. The fourth-order valence-corrected chi connectivity index (χ4v) is 1.28. The van der Waals surface area contributed by atoms with Gasteiger partial charge in [0.25, 0.3) is 0 Å². The first-order valence-electron chi connectivity index (χ1n) is 3.24. The van der Waals surface area contributed by atoms with Crippen molar-refractivity contribution < 1.29 is 15.0 Å². The summed E-state index contributed by atoms with van der Waals surface area (Å²) in [7, 11) is 1.70. The van der Waals surface area contributed by atoms with Crippen LogP contribution < -0.4 is 0 Å². The molecule has 2 N–H and O–H groups in total. The summed E-state index contributed by atoms with van der Waals surface area (Å²) >= 11 is 0. The van der Waals surface area contributed by atoms with E-state index in [1.54, 1.807) is 11.9 Å². The molecule has 0 saturated carbocycles. The average molecular weight is 145 g/mol. The van der Waals surface area contributed by atoms with E-state index < -0.39 is 18.1 Å². The molecule has 0 radical (unpaired) electrons. The normalized spacial score (nSPS) is 34.6. The number of likely N-dealkylation sites (N-methyl/N-ethyl adjacent to an activating group) is 1. The summed E-state index contributed by atoms with van der Waals surface area (Å²) in [6.45, 7) is 0.665. The van der Waals surface area contributed by atoms with E-state index in [1.807, 2.05) is 0 Å². The predicted molar refractivity (Wildman–Crippen MR) is 34.7 cm³/mol. The molecule has 1 heterocycles. The van der Waals surface area contributed by atoms with E-state index in [9.17, 15) is 4.79 Å². The lowest BCUT2D eigenvalue weighted by Gasteiger charge is -2.16. The first-order chi connectivity index (χ1) is 4.63. The van der Waals surface area contributed by atoms with E-state index >= 15 is 0 Å². The monoisotopic (exact) mass is 145 g/mol. The van der Waals surface area contributed by atoms with Crippen LogP contribution in [-0.4, -0.2) is 46.8 Å². The number of hydrogen-bond acceptors (Lipinski definition) is 3. The van der Waals surface area contributed by atoms with Crippen LogP contribution in [-0.2, 0) is 4.79 Å². The first kappa shape index (κ1) is 7.50. The van der Waals surface area contributed by atoms with E-state index in [0.717, 1.165) is 0 Å². The Labute approximate surface area is 59.1 Å². The third-order valence-corrected chi connectivity index (χ3v) is 1.87. The molecule has 0 unspecified atom stereocenters. The van der Waals surface area contributed by atoms with Gasteiger partial charge in [-0.05, 0) is 13.5 Å². The minimum Gasteiger partial charge on any atom is -0.480 e. The Bertz CT molecular complexity index is 138. The number of likely N-dealkylation sites (tertiary alicyclic amines) is 1. The third kappa shape index (κ3) is 1.12. The average Bonchev–Trinajstić information content (AvgIpc) is 2.11. The van der Waals surface area contributed by atoms with E-state index in [-0.39, 0.29) is 0 Å². The van der Waals surface area contributed by atoms with Gasteiger partial charge in [-0.25, -0.2) is 0 Å². The molecule has 58 valence electrons. The Morgan fingerprint density at radius 2 is 2.30 bits per heavy atom. The van der Waals surface area contributed by atoms with Crippen LogP contribution in [0.1, 0.15) is 6.42 Å². The second-order valence-corrected chi connectivity index (χ2v) is 2.62. The van der Waals surface area contributed by atoms with E-state index in [1.165, 1.54) is 0 Å². The summed E-state index contributed by atoms with van der Waals surface area (Å²) in [6.07, 6.45) is -0.129. The Morgan fingerprint density at radius 3 is 2.50 bits per heavy atom. The number of rotatable bonds is 1. The third-order valence-electron chi connectivity index (χ3n) is 1.87. The number of nitrogens with zero attached hydrogens (tertiary/aromatic N) is 1. The predicted octanol–water partition coefficient (Wildman–Crippen LogP) is -0.864. The van der Waals surface area contributed by atoms with Gasteiger partial charge in [-0.1, -0.05) is 0 Å². The van der Waals surface area contributed by atoms with Crippen LogP contribution in [0.3, 0.4) is 0 Å². The zero-order valence-corrected chi connectivity index (χ0v) is 5.82. The van der Waals surface area contributed by atoms with Crippen LogP contribution in [0.15, 0.2) is 0 Å². The van der Waals surface area contributed by atoms with Gasteiger partial charge in [0.15, 0.2) is 0 Å². The van der Waals surface area contributed by atoms with Crippen molar-refractivity contribution in [1.29, 1.82) is 0 Å². The zero-order chi connectivity index (χ0) is 7.72.